The molecular weight excluding hydrogens is 331 g/mol. The van der Waals surface area contributed by atoms with Crippen LogP contribution in [0.4, 0.5) is 29.3 Å². The molecule has 0 saturated carbocycles. The molecule has 1 saturated heterocycles. The van der Waals surface area contributed by atoms with Crippen LogP contribution in [0.15, 0.2) is 36.4 Å². The molecule has 2 aromatic rings. The molecule has 1 aliphatic rings. The third-order valence-electron chi connectivity index (χ3n) is 4.13. The van der Waals surface area contributed by atoms with Crippen LogP contribution >= 0.6 is 0 Å². The molecule has 0 aliphatic carbocycles. The minimum Gasteiger partial charge on any atom is -0.378 e. The number of hydrogen-bond donors (Lipinski definition) is 2. The van der Waals surface area contributed by atoms with Gasteiger partial charge in [0.15, 0.2) is 17.5 Å². The highest BCUT2D eigenvalue weighted by Crippen LogP contribution is 2.26. The lowest BCUT2D eigenvalue weighted by Gasteiger charge is -2.28. The topological polar surface area (TPSA) is 44.4 Å². The van der Waals surface area contributed by atoms with Crippen LogP contribution in [0.25, 0.3) is 0 Å². The van der Waals surface area contributed by atoms with Crippen LogP contribution in [0.2, 0.25) is 0 Å². The van der Waals surface area contributed by atoms with Gasteiger partial charge in [0.25, 0.3) is 0 Å². The molecule has 0 aromatic heterocycles. The van der Waals surface area contributed by atoms with Crippen molar-refractivity contribution in [1.29, 1.82) is 0 Å². The van der Waals surface area contributed by atoms with Crippen molar-refractivity contribution in [2.45, 2.75) is 19.4 Å². The number of urea groups is 1. The third kappa shape index (κ3) is 3.70. The number of halogens is 3. The second kappa shape index (κ2) is 7.04. The molecule has 0 bridgehead atoms. The number of anilines is 2. The lowest BCUT2D eigenvalue weighted by molar-refractivity contribution is 0.243. The molecule has 132 valence electrons. The normalized spacial score (nSPS) is 15.7. The minimum absolute atomic E-state index is 0.154. The number of nitrogens with zero attached hydrogens (tertiary/aromatic N) is 1. The largest absolute Gasteiger partial charge is 0.378 e. The number of hydrogen-bond acceptors (Lipinski definition) is 2. The highest BCUT2D eigenvalue weighted by molar-refractivity contribution is 5.93. The monoisotopic (exact) mass is 349 g/mol. The van der Waals surface area contributed by atoms with Crippen LogP contribution in [-0.4, -0.2) is 19.1 Å². The fourth-order valence-electron chi connectivity index (χ4n) is 2.80. The van der Waals surface area contributed by atoms with Crippen molar-refractivity contribution in [3.8, 4) is 0 Å². The van der Waals surface area contributed by atoms with E-state index in [1.165, 1.54) is 0 Å². The summed E-state index contributed by atoms with van der Waals surface area (Å²) in [6.07, 6.45) is 0.855. The predicted octanol–water partition coefficient (Wildman–Crippen LogP) is 4.20. The van der Waals surface area contributed by atoms with Crippen LogP contribution in [-0.2, 0) is 0 Å². The van der Waals surface area contributed by atoms with E-state index in [1.54, 1.807) is 30.0 Å². The Morgan fingerprint density at radius 1 is 1.16 bits per heavy atom. The van der Waals surface area contributed by atoms with Crippen LogP contribution in [0, 0.1) is 17.5 Å². The van der Waals surface area contributed by atoms with Crippen molar-refractivity contribution in [3.63, 3.8) is 0 Å². The Morgan fingerprint density at radius 2 is 1.88 bits per heavy atom. The van der Waals surface area contributed by atoms with Gasteiger partial charge in [-0.2, -0.15) is 0 Å². The fraction of sp³-hybridized carbons (Fsp3) is 0.278. The van der Waals surface area contributed by atoms with E-state index in [2.05, 4.69) is 10.6 Å². The maximum Gasteiger partial charge on any atom is 0.321 e. The van der Waals surface area contributed by atoms with Gasteiger partial charge in [-0.25, -0.2) is 18.0 Å². The Bertz CT molecular complexity index is 774. The highest BCUT2D eigenvalue weighted by atomic mass is 19.2. The van der Waals surface area contributed by atoms with Crippen LogP contribution < -0.4 is 15.5 Å². The summed E-state index contributed by atoms with van der Waals surface area (Å²) in [5.74, 6) is -3.92. The average Bonchev–Trinajstić information content (AvgIpc) is 2.60. The summed E-state index contributed by atoms with van der Waals surface area (Å²) < 4.78 is 39.9. The van der Waals surface area contributed by atoms with E-state index >= 15 is 0 Å². The summed E-state index contributed by atoms with van der Waals surface area (Å²) in [6, 6.07) is 8.52. The molecule has 2 aromatic carbocycles. The van der Waals surface area contributed by atoms with E-state index in [1.807, 2.05) is 6.07 Å². The highest BCUT2D eigenvalue weighted by Gasteiger charge is 2.20. The fourth-order valence-corrected chi connectivity index (χ4v) is 2.80. The van der Waals surface area contributed by atoms with E-state index in [4.69, 9.17) is 0 Å². The van der Waals surface area contributed by atoms with Gasteiger partial charge in [-0.05, 0) is 49.2 Å². The second-order valence-electron chi connectivity index (χ2n) is 5.95. The van der Waals surface area contributed by atoms with Crippen molar-refractivity contribution in [2.24, 2.45) is 0 Å². The van der Waals surface area contributed by atoms with Gasteiger partial charge in [0, 0.05) is 30.5 Å². The smallest absolute Gasteiger partial charge is 0.321 e. The van der Waals surface area contributed by atoms with Gasteiger partial charge in [0.05, 0.1) is 0 Å². The van der Waals surface area contributed by atoms with Crippen molar-refractivity contribution >= 4 is 17.4 Å². The molecule has 7 heteroatoms. The molecule has 0 radical (unpaired) electrons. The van der Waals surface area contributed by atoms with Crippen molar-refractivity contribution in [1.82, 2.24) is 5.32 Å². The molecule has 0 spiro atoms. The maximum absolute atomic E-state index is 13.4. The van der Waals surface area contributed by atoms with Gasteiger partial charge < -0.3 is 10.6 Å². The molecule has 2 N–H and O–H groups in total. The van der Waals surface area contributed by atoms with Gasteiger partial charge in [0.2, 0.25) is 0 Å². The first-order valence-corrected chi connectivity index (χ1v) is 8.02. The van der Waals surface area contributed by atoms with E-state index in [-0.39, 0.29) is 11.6 Å². The van der Waals surface area contributed by atoms with E-state index < -0.39 is 23.5 Å². The molecular formula is C18H18F3N3O. The van der Waals surface area contributed by atoms with Crippen molar-refractivity contribution in [3.05, 3.63) is 59.4 Å². The third-order valence-corrected chi connectivity index (χ3v) is 4.13. The summed E-state index contributed by atoms with van der Waals surface area (Å²) in [4.78, 5) is 13.6. The number of amides is 2. The summed E-state index contributed by atoms with van der Waals surface area (Å²) in [5, 5.41) is 5.89. The Labute approximate surface area is 143 Å². The van der Waals surface area contributed by atoms with Gasteiger partial charge >= 0.3 is 6.03 Å². The quantitative estimate of drug-likeness (QED) is 0.813. The Kier molecular flexibility index (Phi) is 4.83. The predicted molar refractivity (Wildman–Crippen MR) is 90.2 cm³/mol. The number of carbonyl (C=O) groups excluding carboxylic acids is 1. The zero-order valence-electron chi connectivity index (χ0n) is 13.7. The van der Waals surface area contributed by atoms with Gasteiger partial charge in [-0.3, -0.25) is 4.90 Å². The van der Waals surface area contributed by atoms with E-state index in [0.29, 0.717) is 18.8 Å². The number of benzene rings is 2. The Balaban J connectivity index is 1.79. The molecule has 4 nitrogen and oxygen atoms in total. The SMILES string of the molecule is C[C@@H](Nc1cccc(N2CCCNC2=O)c1)c1cc(F)c(F)c(F)c1. The van der Waals surface area contributed by atoms with Crippen molar-refractivity contribution in [2.75, 3.05) is 23.3 Å². The first kappa shape index (κ1) is 17.1. The second-order valence-corrected chi connectivity index (χ2v) is 5.95. The van der Waals surface area contributed by atoms with Crippen molar-refractivity contribution < 1.29 is 18.0 Å². The van der Waals surface area contributed by atoms with Gasteiger partial charge in [-0.1, -0.05) is 6.07 Å². The van der Waals surface area contributed by atoms with Crippen LogP contribution in [0.5, 0.6) is 0 Å². The average molecular weight is 349 g/mol. The van der Waals surface area contributed by atoms with Gasteiger partial charge in [0.1, 0.15) is 0 Å². The Hall–Kier alpha value is -2.70. The summed E-state index contributed by atoms with van der Waals surface area (Å²) in [5.41, 5.74) is 1.71. The summed E-state index contributed by atoms with van der Waals surface area (Å²) >= 11 is 0. The lowest BCUT2D eigenvalue weighted by Crippen LogP contribution is -2.46. The lowest BCUT2D eigenvalue weighted by atomic mass is 10.1. The molecule has 1 fully saturated rings. The number of nitrogens with one attached hydrogen (secondary N) is 2. The number of rotatable bonds is 4. The molecule has 1 aliphatic heterocycles. The molecule has 2 amide bonds. The minimum atomic E-state index is -1.48. The summed E-state index contributed by atoms with van der Waals surface area (Å²) in [7, 11) is 0. The molecule has 1 atom stereocenters. The number of carbonyl (C=O) groups is 1. The molecule has 3 rings (SSSR count). The van der Waals surface area contributed by atoms with Gasteiger partial charge in [-0.15, -0.1) is 0 Å². The first-order valence-electron chi connectivity index (χ1n) is 8.02. The zero-order valence-corrected chi connectivity index (χ0v) is 13.7. The van der Waals surface area contributed by atoms with Crippen LogP contribution in [0.1, 0.15) is 24.9 Å². The van der Waals surface area contributed by atoms with E-state index in [0.717, 1.165) is 24.2 Å². The maximum atomic E-state index is 13.4. The van der Waals surface area contributed by atoms with Crippen LogP contribution in [0.3, 0.4) is 0 Å². The molecule has 25 heavy (non-hydrogen) atoms. The first-order chi connectivity index (χ1) is 12.0. The Morgan fingerprint density at radius 3 is 2.56 bits per heavy atom. The van der Waals surface area contributed by atoms with E-state index in [9.17, 15) is 18.0 Å². The standard InChI is InChI=1S/C18H18F3N3O/c1-11(12-8-15(19)17(21)16(20)9-12)23-13-4-2-5-14(10-13)24-7-3-6-22-18(24)25/h2,4-5,8-11,23H,3,6-7H2,1H3,(H,22,25)/t11-/m1/s1. The zero-order chi connectivity index (χ0) is 18.0. The molecule has 1 heterocycles. The summed E-state index contributed by atoms with van der Waals surface area (Å²) in [6.45, 7) is 3.00. The molecule has 0 unspecified atom stereocenters.